The van der Waals surface area contributed by atoms with Crippen LogP contribution in [0.4, 0.5) is 0 Å². The van der Waals surface area contributed by atoms with Gasteiger partial charge in [0.2, 0.25) is 0 Å². The number of H-pyrrole nitrogens is 1. The number of nitrogens with one attached hydrogen (secondary N) is 1. The lowest BCUT2D eigenvalue weighted by atomic mass is 9.98. The van der Waals surface area contributed by atoms with Crippen LogP contribution in [0.5, 0.6) is 0 Å². The van der Waals surface area contributed by atoms with E-state index in [0.717, 1.165) is 42.8 Å². The van der Waals surface area contributed by atoms with Gasteiger partial charge in [-0.05, 0) is 49.1 Å². The minimum absolute atomic E-state index is 0.110. The van der Waals surface area contributed by atoms with Gasteiger partial charge in [-0.2, -0.15) is 0 Å². The first-order chi connectivity index (χ1) is 14.0. The molecule has 3 aromatic rings. The third-order valence-corrected chi connectivity index (χ3v) is 5.39. The first-order valence-corrected chi connectivity index (χ1v) is 9.75. The fourth-order valence-corrected chi connectivity index (χ4v) is 4.07. The van der Waals surface area contributed by atoms with Gasteiger partial charge in [-0.3, -0.25) is 9.69 Å². The Labute approximate surface area is 168 Å². The summed E-state index contributed by atoms with van der Waals surface area (Å²) in [7, 11) is 0. The van der Waals surface area contributed by atoms with Crippen LogP contribution in [0.15, 0.2) is 59.4 Å². The van der Waals surface area contributed by atoms with Gasteiger partial charge in [-0.1, -0.05) is 42.5 Å². The minimum Gasteiger partial charge on any atom is -0.478 e. The summed E-state index contributed by atoms with van der Waals surface area (Å²) in [4.78, 5) is 32.9. The van der Waals surface area contributed by atoms with Gasteiger partial charge in [0, 0.05) is 12.6 Å². The maximum absolute atomic E-state index is 11.8. The molecule has 0 aliphatic carbocycles. The molecule has 1 aliphatic heterocycles. The molecule has 1 aliphatic rings. The Bertz CT molecular complexity index is 1090. The van der Waals surface area contributed by atoms with Gasteiger partial charge < -0.3 is 10.1 Å². The van der Waals surface area contributed by atoms with Crippen molar-refractivity contribution in [2.24, 2.45) is 0 Å². The van der Waals surface area contributed by atoms with Crippen LogP contribution in [-0.2, 0) is 6.54 Å². The number of nitrogens with zero attached hydrogens (tertiary/aromatic N) is 2. The van der Waals surface area contributed by atoms with Gasteiger partial charge in [0.1, 0.15) is 5.82 Å². The molecule has 6 nitrogen and oxygen atoms in total. The number of carboxylic acids is 1. The zero-order valence-corrected chi connectivity index (χ0v) is 16.3. The van der Waals surface area contributed by atoms with E-state index >= 15 is 0 Å². The van der Waals surface area contributed by atoms with Crippen molar-refractivity contribution in [1.29, 1.82) is 0 Å². The standard InChI is InChI=1S/C23H23N3O3/c1-15-24-20(13-22(27)25-15)21-7-4-12-26(21)14-16-8-10-17(11-9-16)18-5-2-3-6-19(18)23(28)29/h2-3,5-6,8-11,13,21H,4,7,12,14H2,1H3,(H,28,29)(H,24,25,27). The van der Waals surface area contributed by atoms with Gasteiger partial charge in [-0.25, -0.2) is 9.78 Å². The van der Waals surface area contributed by atoms with E-state index in [0.29, 0.717) is 17.0 Å². The van der Waals surface area contributed by atoms with E-state index in [4.69, 9.17) is 0 Å². The fraction of sp³-hybridized carbons (Fsp3) is 0.261. The smallest absolute Gasteiger partial charge is 0.336 e. The van der Waals surface area contributed by atoms with Crippen molar-refractivity contribution in [3.8, 4) is 11.1 Å². The normalized spacial score (nSPS) is 16.8. The van der Waals surface area contributed by atoms with Crippen LogP contribution in [0.1, 0.15) is 46.3 Å². The predicted octanol–water partition coefficient (Wildman–Crippen LogP) is 3.78. The molecular formula is C23H23N3O3. The zero-order chi connectivity index (χ0) is 20.4. The summed E-state index contributed by atoms with van der Waals surface area (Å²) < 4.78 is 0. The van der Waals surface area contributed by atoms with Crippen LogP contribution in [0.3, 0.4) is 0 Å². The maximum atomic E-state index is 11.8. The van der Waals surface area contributed by atoms with Crippen molar-refractivity contribution in [2.75, 3.05) is 6.54 Å². The number of hydrogen-bond acceptors (Lipinski definition) is 4. The Kier molecular flexibility index (Phi) is 5.27. The average Bonchev–Trinajstić information content (AvgIpc) is 3.16. The van der Waals surface area contributed by atoms with E-state index in [2.05, 4.69) is 14.9 Å². The topological polar surface area (TPSA) is 86.3 Å². The number of rotatable bonds is 5. The van der Waals surface area contributed by atoms with Gasteiger partial charge >= 0.3 is 5.97 Å². The highest BCUT2D eigenvalue weighted by Crippen LogP contribution is 2.32. The lowest BCUT2D eigenvalue weighted by Gasteiger charge is -2.24. The number of aromatic nitrogens is 2. The third kappa shape index (κ3) is 4.12. The molecule has 1 unspecified atom stereocenters. The van der Waals surface area contributed by atoms with Crippen molar-refractivity contribution in [1.82, 2.24) is 14.9 Å². The van der Waals surface area contributed by atoms with Crippen LogP contribution in [0.2, 0.25) is 0 Å². The second kappa shape index (κ2) is 8.01. The number of aromatic carboxylic acids is 1. The molecule has 1 fully saturated rings. The monoisotopic (exact) mass is 389 g/mol. The molecule has 2 heterocycles. The molecule has 0 spiro atoms. The summed E-state index contributed by atoms with van der Waals surface area (Å²) in [6.45, 7) is 3.53. The summed E-state index contributed by atoms with van der Waals surface area (Å²) in [5, 5.41) is 9.41. The highest BCUT2D eigenvalue weighted by Gasteiger charge is 2.27. The van der Waals surface area contributed by atoms with Gasteiger partial charge in [0.05, 0.1) is 17.3 Å². The third-order valence-electron chi connectivity index (χ3n) is 5.39. The Morgan fingerprint density at radius 2 is 1.97 bits per heavy atom. The minimum atomic E-state index is -0.926. The van der Waals surface area contributed by atoms with Crippen LogP contribution in [-0.4, -0.2) is 32.5 Å². The Morgan fingerprint density at radius 1 is 1.21 bits per heavy atom. The van der Waals surface area contributed by atoms with E-state index in [1.54, 1.807) is 25.1 Å². The molecule has 0 saturated carbocycles. The molecule has 29 heavy (non-hydrogen) atoms. The summed E-state index contributed by atoms with van der Waals surface area (Å²) >= 11 is 0. The Hall–Kier alpha value is -3.25. The molecule has 0 amide bonds. The molecular weight excluding hydrogens is 366 g/mol. The first-order valence-electron chi connectivity index (χ1n) is 9.75. The van der Waals surface area contributed by atoms with Gasteiger partial charge in [0.25, 0.3) is 5.56 Å². The maximum Gasteiger partial charge on any atom is 0.336 e. The zero-order valence-electron chi connectivity index (χ0n) is 16.3. The molecule has 0 bridgehead atoms. The molecule has 2 aromatic carbocycles. The number of carboxylic acid groups (broad SMARTS) is 1. The number of hydrogen-bond donors (Lipinski definition) is 2. The van der Waals surface area contributed by atoms with Gasteiger partial charge in [0.15, 0.2) is 0 Å². The van der Waals surface area contributed by atoms with Crippen molar-refractivity contribution in [3.05, 3.63) is 87.6 Å². The Balaban J connectivity index is 1.54. The van der Waals surface area contributed by atoms with Crippen molar-refractivity contribution < 1.29 is 9.90 Å². The first kappa shape index (κ1) is 19.1. The molecule has 148 valence electrons. The largest absolute Gasteiger partial charge is 0.478 e. The molecule has 2 N–H and O–H groups in total. The summed E-state index contributed by atoms with van der Waals surface area (Å²) in [6.07, 6.45) is 2.06. The number of aryl methyl sites for hydroxylation is 1. The van der Waals surface area contributed by atoms with Crippen LogP contribution < -0.4 is 5.56 Å². The molecule has 1 aromatic heterocycles. The number of aromatic amines is 1. The fourth-order valence-electron chi connectivity index (χ4n) is 4.07. The van der Waals surface area contributed by atoms with E-state index < -0.39 is 5.97 Å². The highest BCUT2D eigenvalue weighted by molar-refractivity contribution is 5.95. The van der Waals surface area contributed by atoms with Crippen LogP contribution >= 0.6 is 0 Å². The quantitative estimate of drug-likeness (QED) is 0.694. The van der Waals surface area contributed by atoms with Crippen LogP contribution in [0.25, 0.3) is 11.1 Å². The Morgan fingerprint density at radius 3 is 2.69 bits per heavy atom. The molecule has 4 rings (SSSR count). The van der Waals surface area contributed by atoms with Crippen LogP contribution in [0, 0.1) is 6.92 Å². The van der Waals surface area contributed by atoms with Gasteiger partial charge in [-0.15, -0.1) is 0 Å². The second-order valence-electron chi connectivity index (χ2n) is 7.43. The van der Waals surface area contributed by atoms with E-state index in [1.165, 1.54) is 0 Å². The van der Waals surface area contributed by atoms with Crippen molar-refractivity contribution in [2.45, 2.75) is 32.4 Å². The SMILES string of the molecule is Cc1nc(C2CCCN2Cc2ccc(-c3ccccc3C(=O)O)cc2)cc(=O)[nH]1. The molecule has 6 heteroatoms. The number of carbonyl (C=O) groups is 1. The number of likely N-dealkylation sites (tertiary alicyclic amines) is 1. The van der Waals surface area contributed by atoms with Crippen molar-refractivity contribution >= 4 is 5.97 Å². The lowest BCUT2D eigenvalue weighted by molar-refractivity contribution is 0.0697. The highest BCUT2D eigenvalue weighted by atomic mass is 16.4. The van der Waals surface area contributed by atoms with E-state index in [1.807, 2.05) is 36.4 Å². The summed E-state index contributed by atoms with van der Waals surface area (Å²) in [5.41, 5.74) is 3.77. The summed E-state index contributed by atoms with van der Waals surface area (Å²) in [6, 6.07) is 16.8. The lowest BCUT2D eigenvalue weighted by Crippen LogP contribution is -2.25. The molecule has 1 saturated heterocycles. The number of benzene rings is 2. The summed E-state index contributed by atoms with van der Waals surface area (Å²) in [5.74, 6) is -0.286. The second-order valence-corrected chi connectivity index (χ2v) is 7.43. The van der Waals surface area contributed by atoms with E-state index in [-0.39, 0.29) is 11.6 Å². The average molecular weight is 389 g/mol. The predicted molar refractivity (Wildman–Crippen MR) is 111 cm³/mol. The van der Waals surface area contributed by atoms with E-state index in [9.17, 15) is 14.7 Å². The molecule has 0 radical (unpaired) electrons. The van der Waals surface area contributed by atoms with Crippen molar-refractivity contribution in [3.63, 3.8) is 0 Å². The molecule has 1 atom stereocenters.